The fourth-order valence-electron chi connectivity index (χ4n) is 1.52. The van der Waals surface area contributed by atoms with Crippen molar-refractivity contribution >= 4 is 23.5 Å². The van der Waals surface area contributed by atoms with Crippen LogP contribution in [0.15, 0.2) is 6.20 Å². The normalized spacial score (nSPS) is 12.7. The predicted molar refractivity (Wildman–Crippen MR) is 72.4 cm³/mol. The first-order valence-electron chi connectivity index (χ1n) is 5.95. The number of carbonyl (C=O) groups excluding carboxylic acids is 2. The second-order valence-electron chi connectivity index (χ2n) is 5.20. The number of methoxy groups -OCH3 is 1. The minimum Gasteiger partial charge on any atom is -0.468 e. The zero-order chi connectivity index (χ0) is 15.5. The van der Waals surface area contributed by atoms with Gasteiger partial charge in [0.2, 0.25) is 5.28 Å². The summed E-state index contributed by atoms with van der Waals surface area (Å²) in [6.07, 6.45) is 1.44. The van der Waals surface area contributed by atoms with Gasteiger partial charge < -0.3 is 9.47 Å². The maximum Gasteiger partial charge on any atom is 0.327 e. The highest BCUT2D eigenvalue weighted by Gasteiger charge is 2.36. The number of carbonyl (C=O) groups is 2. The molecule has 0 spiro atoms. The van der Waals surface area contributed by atoms with Gasteiger partial charge in [0.05, 0.1) is 12.8 Å². The Labute approximate surface area is 122 Å². The maximum atomic E-state index is 12.2. The third-order valence-corrected chi connectivity index (χ3v) is 2.52. The van der Waals surface area contributed by atoms with E-state index in [0.717, 1.165) is 0 Å². The van der Waals surface area contributed by atoms with E-state index in [4.69, 9.17) is 16.3 Å². The smallest absolute Gasteiger partial charge is 0.327 e. The van der Waals surface area contributed by atoms with E-state index in [1.807, 2.05) is 0 Å². The molecule has 20 heavy (non-hydrogen) atoms. The number of rotatable bonds is 3. The molecule has 0 saturated heterocycles. The van der Waals surface area contributed by atoms with E-state index >= 15 is 0 Å². The highest BCUT2D eigenvalue weighted by atomic mass is 35.5. The first-order valence-corrected chi connectivity index (χ1v) is 6.33. The molecule has 0 fully saturated rings. The molecule has 0 radical (unpaired) electrons. The van der Waals surface area contributed by atoms with Crippen LogP contribution in [0.2, 0.25) is 5.28 Å². The predicted octanol–water partition coefficient (Wildman–Crippen LogP) is 2.04. The lowest BCUT2D eigenvalue weighted by Crippen LogP contribution is -2.33. The summed E-state index contributed by atoms with van der Waals surface area (Å²) >= 11 is 5.72. The number of ether oxygens (including phenoxy) is 2. The van der Waals surface area contributed by atoms with E-state index in [1.165, 1.54) is 13.3 Å². The van der Waals surface area contributed by atoms with Crippen molar-refractivity contribution in [3.63, 3.8) is 0 Å². The van der Waals surface area contributed by atoms with E-state index in [-0.39, 0.29) is 11.0 Å². The van der Waals surface area contributed by atoms with Gasteiger partial charge in [-0.05, 0) is 44.9 Å². The molecule has 0 aliphatic rings. The largest absolute Gasteiger partial charge is 0.468 e. The average molecular weight is 301 g/mol. The number of halogens is 1. The summed E-state index contributed by atoms with van der Waals surface area (Å²) in [4.78, 5) is 31.8. The van der Waals surface area contributed by atoms with Crippen molar-refractivity contribution in [1.29, 1.82) is 0 Å². The number of esters is 2. The Balaban J connectivity index is 3.22. The zero-order valence-electron chi connectivity index (χ0n) is 12.1. The molecular formula is C13H17ClN2O4. The summed E-state index contributed by atoms with van der Waals surface area (Å²) in [7, 11) is 1.19. The summed E-state index contributed by atoms with van der Waals surface area (Å²) < 4.78 is 9.88. The fourth-order valence-corrected chi connectivity index (χ4v) is 1.66. The lowest BCUT2D eigenvalue weighted by molar-refractivity contribution is -0.163. The van der Waals surface area contributed by atoms with Crippen molar-refractivity contribution in [3.8, 4) is 0 Å². The Kier molecular flexibility index (Phi) is 5.05. The van der Waals surface area contributed by atoms with Crippen molar-refractivity contribution in [2.24, 2.45) is 0 Å². The fraction of sp³-hybridized carbons (Fsp3) is 0.538. The van der Waals surface area contributed by atoms with Gasteiger partial charge in [-0.25, -0.2) is 9.97 Å². The van der Waals surface area contributed by atoms with Crippen LogP contribution in [-0.2, 0) is 19.1 Å². The standard InChI is InChI=1S/C13H17ClN2O4/c1-7-6-15-12(14)16-9(7)8(10(17)19-5)11(18)20-13(2,3)4/h6,8H,1-5H3. The molecule has 1 aromatic rings. The van der Waals surface area contributed by atoms with Crippen molar-refractivity contribution in [3.05, 3.63) is 22.7 Å². The van der Waals surface area contributed by atoms with Crippen molar-refractivity contribution in [1.82, 2.24) is 9.97 Å². The number of nitrogens with zero attached hydrogens (tertiary/aromatic N) is 2. The molecule has 0 N–H and O–H groups in total. The topological polar surface area (TPSA) is 78.4 Å². The van der Waals surface area contributed by atoms with Crippen LogP contribution >= 0.6 is 11.6 Å². The average Bonchev–Trinajstić information content (AvgIpc) is 2.31. The number of aromatic nitrogens is 2. The first kappa shape index (κ1) is 16.4. The highest BCUT2D eigenvalue weighted by Crippen LogP contribution is 2.24. The van der Waals surface area contributed by atoms with Crippen LogP contribution in [0.1, 0.15) is 37.9 Å². The Morgan fingerprint density at radius 3 is 2.40 bits per heavy atom. The van der Waals surface area contributed by atoms with E-state index < -0.39 is 23.5 Å². The monoisotopic (exact) mass is 300 g/mol. The van der Waals surface area contributed by atoms with Gasteiger partial charge >= 0.3 is 11.9 Å². The Hall–Kier alpha value is -1.69. The SMILES string of the molecule is COC(=O)C(C(=O)OC(C)(C)C)c1nc(Cl)ncc1C. The molecule has 7 heteroatoms. The summed E-state index contributed by atoms with van der Waals surface area (Å²) in [6, 6.07) is 0. The number of aryl methyl sites for hydroxylation is 1. The Morgan fingerprint density at radius 2 is 1.90 bits per heavy atom. The minimum atomic E-state index is -1.28. The minimum absolute atomic E-state index is 0.0527. The summed E-state index contributed by atoms with van der Waals surface area (Å²) in [6.45, 7) is 6.79. The van der Waals surface area contributed by atoms with Crippen LogP contribution in [0, 0.1) is 6.92 Å². The third-order valence-electron chi connectivity index (χ3n) is 2.33. The molecule has 0 aromatic carbocycles. The van der Waals surface area contributed by atoms with Gasteiger partial charge in [-0.1, -0.05) is 0 Å². The number of hydrogen-bond donors (Lipinski definition) is 0. The van der Waals surface area contributed by atoms with E-state index in [1.54, 1.807) is 27.7 Å². The molecule has 1 heterocycles. The van der Waals surface area contributed by atoms with E-state index in [9.17, 15) is 9.59 Å². The quantitative estimate of drug-likeness (QED) is 0.483. The second kappa shape index (κ2) is 6.17. The molecule has 1 unspecified atom stereocenters. The molecule has 6 nitrogen and oxygen atoms in total. The second-order valence-corrected chi connectivity index (χ2v) is 5.53. The molecule has 1 rings (SSSR count). The van der Waals surface area contributed by atoms with Crippen molar-refractivity contribution < 1.29 is 19.1 Å². The molecule has 0 saturated carbocycles. The summed E-state index contributed by atoms with van der Waals surface area (Å²) in [5, 5.41) is -0.0527. The molecule has 0 aliphatic carbocycles. The van der Waals surface area contributed by atoms with Crippen LogP contribution in [0.3, 0.4) is 0 Å². The molecule has 1 aromatic heterocycles. The van der Waals surface area contributed by atoms with Crippen LogP contribution < -0.4 is 0 Å². The molecule has 110 valence electrons. The molecule has 0 bridgehead atoms. The van der Waals surface area contributed by atoms with Crippen LogP contribution in [0.5, 0.6) is 0 Å². The van der Waals surface area contributed by atoms with Crippen molar-refractivity contribution in [2.75, 3.05) is 7.11 Å². The summed E-state index contributed by atoms with van der Waals surface area (Å²) in [5.41, 5.74) is 0.00965. The lowest BCUT2D eigenvalue weighted by Gasteiger charge is -2.23. The number of hydrogen-bond acceptors (Lipinski definition) is 6. The van der Waals surface area contributed by atoms with E-state index in [2.05, 4.69) is 14.7 Å². The first-order chi connectivity index (χ1) is 9.15. The van der Waals surface area contributed by atoms with Gasteiger partial charge in [-0.3, -0.25) is 9.59 Å². The van der Waals surface area contributed by atoms with Gasteiger partial charge in [0.15, 0.2) is 5.92 Å². The van der Waals surface area contributed by atoms with Crippen LogP contribution in [-0.4, -0.2) is 34.6 Å². The third kappa shape index (κ3) is 4.16. The lowest BCUT2D eigenvalue weighted by atomic mass is 10.0. The Bertz CT molecular complexity index is 526. The molecule has 0 amide bonds. The highest BCUT2D eigenvalue weighted by molar-refractivity contribution is 6.28. The Morgan fingerprint density at radius 1 is 1.30 bits per heavy atom. The van der Waals surface area contributed by atoms with Gasteiger partial charge in [0, 0.05) is 6.20 Å². The molecular weight excluding hydrogens is 284 g/mol. The van der Waals surface area contributed by atoms with Crippen LogP contribution in [0.25, 0.3) is 0 Å². The molecule has 1 atom stereocenters. The van der Waals surface area contributed by atoms with Crippen LogP contribution in [0.4, 0.5) is 0 Å². The maximum absolute atomic E-state index is 12.2. The van der Waals surface area contributed by atoms with Gasteiger partial charge in [-0.2, -0.15) is 0 Å². The van der Waals surface area contributed by atoms with Gasteiger partial charge in [0.25, 0.3) is 0 Å². The summed E-state index contributed by atoms with van der Waals surface area (Å²) in [5.74, 6) is -2.76. The van der Waals surface area contributed by atoms with Gasteiger partial charge in [-0.15, -0.1) is 0 Å². The van der Waals surface area contributed by atoms with Gasteiger partial charge in [0.1, 0.15) is 5.60 Å². The zero-order valence-corrected chi connectivity index (χ0v) is 12.8. The van der Waals surface area contributed by atoms with Crippen molar-refractivity contribution in [2.45, 2.75) is 39.2 Å². The van der Waals surface area contributed by atoms with E-state index in [0.29, 0.717) is 5.56 Å². The molecule has 0 aliphatic heterocycles.